The summed E-state index contributed by atoms with van der Waals surface area (Å²) in [4.78, 5) is 24.8. The predicted octanol–water partition coefficient (Wildman–Crippen LogP) is 5.81. The molecule has 5 aromatic rings. The number of nitrogens with one attached hydrogen (secondary N) is 1. The van der Waals surface area contributed by atoms with Crippen molar-refractivity contribution in [1.29, 1.82) is 0 Å². The van der Waals surface area contributed by atoms with Crippen LogP contribution < -0.4 is 5.32 Å². The first kappa shape index (κ1) is 24.1. The summed E-state index contributed by atoms with van der Waals surface area (Å²) in [5.74, 6) is -0.993. The van der Waals surface area contributed by atoms with Gasteiger partial charge in [0.15, 0.2) is 6.61 Å². The summed E-state index contributed by atoms with van der Waals surface area (Å²) in [5, 5.41) is 9.61. The van der Waals surface area contributed by atoms with E-state index in [4.69, 9.17) is 4.74 Å². The van der Waals surface area contributed by atoms with Gasteiger partial charge in [0, 0.05) is 51.4 Å². The molecule has 0 aliphatic carbocycles. The fraction of sp³-hybridized carbons (Fsp3) is 0.167. The number of ether oxygens (including phenoxy) is 1. The van der Waals surface area contributed by atoms with Gasteiger partial charge in [0.1, 0.15) is 0 Å². The van der Waals surface area contributed by atoms with Crippen molar-refractivity contribution in [3.8, 4) is 5.69 Å². The molecular weight excluding hydrogens is 464 g/mol. The Morgan fingerprint density at radius 3 is 2.46 bits per heavy atom. The monoisotopic (exact) mass is 492 g/mol. The van der Waals surface area contributed by atoms with E-state index in [0.29, 0.717) is 5.69 Å². The van der Waals surface area contributed by atoms with Crippen molar-refractivity contribution >= 4 is 45.4 Å². The van der Waals surface area contributed by atoms with E-state index < -0.39 is 11.9 Å². The molecule has 0 radical (unpaired) electrons. The summed E-state index contributed by atoms with van der Waals surface area (Å²) >= 11 is 0. The zero-order valence-corrected chi connectivity index (χ0v) is 21.1. The Hall–Kier alpha value is -4.65. The maximum absolute atomic E-state index is 12.5. The van der Waals surface area contributed by atoms with E-state index in [1.807, 2.05) is 79.2 Å². The van der Waals surface area contributed by atoms with Gasteiger partial charge >= 0.3 is 5.97 Å². The van der Waals surface area contributed by atoms with Crippen molar-refractivity contribution in [1.82, 2.24) is 14.3 Å². The summed E-state index contributed by atoms with van der Waals surface area (Å²) in [5.41, 5.74) is 6.41. The Balaban J connectivity index is 1.23. The first-order valence-electron chi connectivity index (χ1n) is 12.2. The van der Waals surface area contributed by atoms with Crippen LogP contribution in [0.3, 0.4) is 0 Å². The minimum absolute atomic E-state index is 0.376. The highest BCUT2D eigenvalue weighted by atomic mass is 16.5. The smallest absolute Gasteiger partial charge is 0.331 e. The SMILES string of the molecule is CCn1c2ccccc2c2cc(NC(=O)COC(=O)/C=C/c3c(C)nn(-c4ccccc4)c3C)ccc21. The Morgan fingerprint density at radius 1 is 0.946 bits per heavy atom. The van der Waals surface area contributed by atoms with Crippen LogP contribution in [0.1, 0.15) is 23.9 Å². The summed E-state index contributed by atoms with van der Waals surface area (Å²) in [6.07, 6.45) is 3.00. The van der Waals surface area contributed by atoms with Gasteiger partial charge in [-0.05, 0) is 63.2 Å². The van der Waals surface area contributed by atoms with E-state index in [0.717, 1.165) is 51.0 Å². The quantitative estimate of drug-likeness (QED) is 0.230. The van der Waals surface area contributed by atoms with Crippen molar-refractivity contribution in [3.05, 3.63) is 95.8 Å². The lowest BCUT2D eigenvalue weighted by Gasteiger charge is -2.07. The van der Waals surface area contributed by atoms with Gasteiger partial charge in [0.05, 0.1) is 11.4 Å². The minimum Gasteiger partial charge on any atom is -0.452 e. The van der Waals surface area contributed by atoms with Gasteiger partial charge in [-0.1, -0.05) is 36.4 Å². The predicted molar refractivity (Wildman–Crippen MR) is 147 cm³/mol. The molecule has 0 saturated carbocycles. The molecule has 37 heavy (non-hydrogen) atoms. The minimum atomic E-state index is -0.595. The number of hydrogen-bond donors (Lipinski definition) is 1. The second kappa shape index (κ2) is 10.1. The molecule has 0 aliphatic rings. The van der Waals surface area contributed by atoms with Crippen LogP contribution in [-0.4, -0.2) is 32.8 Å². The van der Waals surface area contributed by atoms with Crippen molar-refractivity contribution < 1.29 is 14.3 Å². The Labute approximate surface area is 215 Å². The lowest BCUT2D eigenvalue weighted by atomic mass is 10.1. The molecule has 1 amide bonds. The van der Waals surface area contributed by atoms with Gasteiger partial charge in [0.2, 0.25) is 0 Å². The summed E-state index contributed by atoms with van der Waals surface area (Å²) < 4.78 is 9.26. The van der Waals surface area contributed by atoms with E-state index in [9.17, 15) is 9.59 Å². The Morgan fingerprint density at radius 2 is 1.68 bits per heavy atom. The molecule has 0 spiro atoms. The number of rotatable bonds is 7. The summed E-state index contributed by atoms with van der Waals surface area (Å²) in [7, 11) is 0. The van der Waals surface area contributed by atoms with Crippen LogP contribution in [0, 0.1) is 13.8 Å². The lowest BCUT2D eigenvalue weighted by molar-refractivity contribution is -0.142. The normalized spacial score (nSPS) is 11.4. The first-order chi connectivity index (χ1) is 18.0. The number of nitrogens with zero attached hydrogens (tertiary/aromatic N) is 3. The number of benzene rings is 3. The molecule has 7 heteroatoms. The molecule has 0 saturated heterocycles. The third-order valence-electron chi connectivity index (χ3n) is 6.45. The Kier molecular flexibility index (Phi) is 6.60. The fourth-order valence-corrected chi connectivity index (χ4v) is 4.72. The average molecular weight is 493 g/mol. The number of para-hydroxylation sites is 2. The molecular formula is C30H28N4O3. The molecule has 0 bridgehead atoms. The third kappa shape index (κ3) is 4.76. The standard InChI is InChI=1S/C30H28N4O3/c1-4-33-27-13-9-8-12-25(27)26-18-22(14-16-28(26)33)31-29(35)19-37-30(36)17-15-24-20(2)32-34(21(24)3)23-10-6-5-7-11-23/h5-18H,4,19H2,1-3H3,(H,31,35)/b17-15+. The number of fused-ring (bicyclic) bond motifs is 3. The average Bonchev–Trinajstić information content (AvgIpc) is 3.39. The van der Waals surface area contributed by atoms with E-state index in [1.54, 1.807) is 6.08 Å². The van der Waals surface area contributed by atoms with Crippen LogP contribution in [0.2, 0.25) is 0 Å². The number of hydrogen-bond acceptors (Lipinski definition) is 4. The molecule has 186 valence electrons. The summed E-state index contributed by atoms with van der Waals surface area (Å²) in [6.45, 7) is 6.42. The first-order valence-corrected chi connectivity index (χ1v) is 12.2. The van der Waals surface area contributed by atoms with Gasteiger partial charge in [0.25, 0.3) is 5.91 Å². The molecule has 0 fully saturated rings. The van der Waals surface area contributed by atoms with E-state index in [1.165, 1.54) is 6.08 Å². The van der Waals surface area contributed by atoms with Gasteiger partial charge in [-0.3, -0.25) is 4.79 Å². The van der Waals surface area contributed by atoms with Crippen LogP contribution in [0.4, 0.5) is 5.69 Å². The largest absolute Gasteiger partial charge is 0.452 e. The van der Waals surface area contributed by atoms with Gasteiger partial charge in [-0.25, -0.2) is 9.48 Å². The Bertz CT molecular complexity index is 1640. The summed E-state index contributed by atoms with van der Waals surface area (Å²) in [6, 6.07) is 23.8. The molecule has 5 rings (SSSR count). The van der Waals surface area contributed by atoms with E-state index in [-0.39, 0.29) is 6.61 Å². The second-order valence-electron chi connectivity index (χ2n) is 8.81. The highest BCUT2D eigenvalue weighted by Gasteiger charge is 2.13. The van der Waals surface area contributed by atoms with Gasteiger partial charge in [-0.2, -0.15) is 5.10 Å². The molecule has 3 aromatic carbocycles. The second-order valence-corrected chi connectivity index (χ2v) is 8.81. The lowest BCUT2D eigenvalue weighted by Crippen LogP contribution is -2.20. The third-order valence-corrected chi connectivity index (χ3v) is 6.45. The molecule has 2 heterocycles. The molecule has 0 aliphatic heterocycles. The van der Waals surface area contributed by atoms with Crippen molar-refractivity contribution in [2.45, 2.75) is 27.3 Å². The van der Waals surface area contributed by atoms with Crippen LogP contribution >= 0.6 is 0 Å². The zero-order chi connectivity index (χ0) is 25.9. The van der Waals surface area contributed by atoms with Gasteiger partial charge in [-0.15, -0.1) is 0 Å². The van der Waals surface area contributed by atoms with Crippen LogP contribution in [-0.2, 0) is 20.9 Å². The zero-order valence-electron chi connectivity index (χ0n) is 21.1. The highest BCUT2D eigenvalue weighted by molar-refractivity contribution is 6.10. The molecule has 2 aromatic heterocycles. The molecule has 1 N–H and O–H groups in total. The van der Waals surface area contributed by atoms with E-state index in [2.05, 4.69) is 34.0 Å². The number of esters is 1. The highest BCUT2D eigenvalue weighted by Crippen LogP contribution is 2.31. The molecule has 7 nitrogen and oxygen atoms in total. The van der Waals surface area contributed by atoms with Crippen molar-refractivity contribution in [2.24, 2.45) is 0 Å². The van der Waals surface area contributed by atoms with Crippen LogP contribution in [0.25, 0.3) is 33.6 Å². The fourth-order valence-electron chi connectivity index (χ4n) is 4.72. The van der Waals surface area contributed by atoms with Gasteiger partial charge < -0.3 is 14.6 Å². The number of aromatic nitrogens is 3. The van der Waals surface area contributed by atoms with E-state index >= 15 is 0 Å². The number of amides is 1. The topological polar surface area (TPSA) is 78.2 Å². The van der Waals surface area contributed by atoms with Crippen LogP contribution in [0.5, 0.6) is 0 Å². The number of carbonyl (C=O) groups excluding carboxylic acids is 2. The number of anilines is 1. The number of carbonyl (C=O) groups is 2. The maximum atomic E-state index is 12.5. The van der Waals surface area contributed by atoms with Crippen molar-refractivity contribution in [3.63, 3.8) is 0 Å². The number of aryl methyl sites for hydroxylation is 2. The molecule has 0 atom stereocenters. The molecule has 0 unspecified atom stereocenters. The maximum Gasteiger partial charge on any atom is 0.331 e. The van der Waals surface area contributed by atoms with Crippen LogP contribution in [0.15, 0.2) is 78.9 Å². The van der Waals surface area contributed by atoms with Crippen molar-refractivity contribution in [2.75, 3.05) is 11.9 Å².